The number of rotatable bonds is 9. The molecule has 2 atom stereocenters. The monoisotopic (exact) mass is 434 g/mol. The standard InChI is InChI=1S/C23H28Cl2N2O2/c1-4-16(2)26-23(29)17(3)27(15-19-10-12-20(24)21(25)14-19)22(28)13-11-18-8-6-5-7-9-18/h5-10,12,14,16-17H,4,11,13,15H2,1-3H3,(H,26,29)/t16-,17+/m1/s1. The summed E-state index contributed by atoms with van der Waals surface area (Å²) in [5.74, 6) is -0.237. The highest BCUT2D eigenvalue weighted by Gasteiger charge is 2.26. The van der Waals surface area contributed by atoms with Crippen LogP contribution in [0.5, 0.6) is 0 Å². The van der Waals surface area contributed by atoms with Crippen molar-refractivity contribution in [2.45, 2.75) is 58.7 Å². The van der Waals surface area contributed by atoms with Crippen LogP contribution in [0.1, 0.15) is 44.7 Å². The van der Waals surface area contributed by atoms with Crippen LogP contribution in [0.25, 0.3) is 0 Å². The van der Waals surface area contributed by atoms with Crippen molar-refractivity contribution in [1.29, 1.82) is 0 Å². The van der Waals surface area contributed by atoms with Crippen LogP contribution in [-0.2, 0) is 22.6 Å². The van der Waals surface area contributed by atoms with E-state index in [4.69, 9.17) is 23.2 Å². The van der Waals surface area contributed by atoms with Gasteiger partial charge in [-0.1, -0.05) is 66.5 Å². The zero-order valence-electron chi connectivity index (χ0n) is 17.1. The van der Waals surface area contributed by atoms with E-state index < -0.39 is 6.04 Å². The molecular weight excluding hydrogens is 407 g/mol. The molecule has 29 heavy (non-hydrogen) atoms. The van der Waals surface area contributed by atoms with Crippen LogP contribution in [-0.4, -0.2) is 28.8 Å². The van der Waals surface area contributed by atoms with E-state index in [1.807, 2.05) is 50.2 Å². The summed E-state index contributed by atoms with van der Waals surface area (Å²) < 4.78 is 0. The van der Waals surface area contributed by atoms with Gasteiger partial charge in [-0.05, 0) is 49.9 Å². The molecule has 1 N–H and O–H groups in total. The molecule has 0 unspecified atom stereocenters. The van der Waals surface area contributed by atoms with Crippen molar-refractivity contribution < 1.29 is 9.59 Å². The molecular formula is C23H28Cl2N2O2. The van der Waals surface area contributed by atoms with Crippen molar-refractivity contribution in [2.75, 3.05) is 0 Å². The summed E-state index contributed by atoms with van der Waals surface area (Å²) >= 11 is 12.1. The Kier molecular flexibility index (Phi) is 8.99. The highest BCUT2D eigenvalue weighted by atomic mass is 35.5. The smallest absolute Gasteiger partial charge is 0.242 e. The van der Waals surface area contributed by atoms with Gasteiger partial charge in [0.2, 0.25) is 11.8 Å². The van der Waals surface area contributed by atoms with Crippen molar-refractivity contribution in [3.05, 3.63) is 69.7 Å². The summed E-state index contributed by atoms with van der Waals surface area (Å²) in [4.78, 5) is 27.4. The first kappa shape index (κ1) is 23.2. The van der Waals surface area contributed by atoms with Crippen molar-refractivity contribution >= 4 is 35.0 Å². The summed E-state index contributed by atoms with van der Waals surface area (Å²) in [5.41, 5.74) is 1.92. The summed E-state index contributed by atoms with van der Waals surface area (Å²) in [6.45, 7) is 6.01. The fraction of sp³-hybridized carbons (Fsp3) is 0.391. The van der Waals surface area contributed by atoms with Crippen LogP contribution >= 0.6 is 23.2 Å². The van der Waals surface area contributed by atoms with Crippen molar-refractivity contribution in [2.24, 2.45) is 0 Å². The van der Waals surface area contributed by atoms with Gasteiger partial charge in [0.25, 0.3) is 0 Å². The van der Waals surface area contributed by atoms with E-state index >= 15 is 0 Å². The summed E-state index contributed by atoms with van der Waals surface area (Å²) in [5, 5.41) is 3.85. The number of benzene rings is 2. The van der Waals surface area contributed by atoms with Gasteiger partial charge >= 0.3 is 0 Å². The maximum Gasteiger partial charge on any atom is 0.242 e. The number of carbonyl (C=O) groups is 2. The van der Waals surface area contributed by atoms with Gasteiger partial charge in [0, 0.05) is 19.0 Å². The number of nitrogens with one attached hydrogen (secondary N) is 1. The molecule has 0 heterocycles. The molecule has 0 aliphatic rings. The average molecular weight is 435 g/mol. The Bertz CT molecular complexity index is 827. The number of carbonyl (C=O) groups excluding carboxylic acids is 2. The number of hydrogen-bond donors (Lipinski definition) is 1. The van der Waals surface area contributed by atoms with Gasteiger partial charge < -0.3 is 10.2 Å². The Hall–Kier alpha value is -2.04. The lowest BCUT2D eigenvalue weighted by molar-refractivity contribution is -0.140. The van der Waals surface area contributed by atoms with Gasteiger partial charge in [-0.3, -0.25) is 9.59 Å². The molecule has 0 saturated carbocycles. The van der Waals surface area contributed by atoms with Crippen LogP contribution in [0.3, 0.4) is 0 Å². The van der Waals surface area contributed by atoms with Crippen LogP contribution in [0.2, 0.25) is 10.0 Å². The van der Waals surface area contributed by atoms with Crippen molar-refractivity contribution in [1.82, 2.24) is 10.2 Å². The Morgan fingerprint density at radius 3 is 2.31 bits per heavy atom. The van der Waals surface area contributed by atoms with E-state index in [1.165, 1.54) is 0 Å². The molecule has 2 aromatic rings. The van der Waals surface area contributed by atoms with E-state index in [9.17, 15) is 9.59 Å². The minimum atomic E-state index is -0.596. The van der Waals surface area contributed by atoms with Gasteiger partial charge in [0.05, 0.1) is 10.0 Å². The fourth-order valence-electron chi connectivity index (χ4n) is 2.92. The van der Waals surface area contributed by atoms with Crippen molar-refractivity contribution in [3.8, 4) is 0 Å². The SMILES string of the molecule is CC[C@@H](C)NC(=O)[C@H](C)N(Cc1ccc(Cl)c(Cl)c1)C(=O)CCc1ccccc1. The third kappa shape index (κ3) is 7.06. The molecule has 0 saturated heterocycles. The second-order valence-electron chi connectivity index (χ2n) is 7.25. The van der Waals surface area contributed by atoms with Gasteiger partial charge in [0.15, 0.2) is 0 Å². The van der Waals surface area contributed by atoms with Crippen LogP contribution in [0, 0.1) is 0 Å². The molecule has 0 radical (unpaired) electrons. The van der Waals surface area contributed by atoms with Crippen LogP contribution in [0.15, 0.2) is 48.5 Å². The molecule has 0 aromatic heterocycles. The Balaban J connectivity index is 2.17. The topological polar surface area (TPSA) is 49.4 Å². The van der Waals surface area contributed by atoms with E-state index in [2.05, 4.69) is 5.32 Å². The first-order valence-electron chi connectivity index (χ1n) is 9.89. The molecule has 0 spiro atoms. The maximum absolute atomic E-state index is 13.1. The second kappa shape index (κ2) is 11.2. The van der Waals surface area contributed by atoms with Gasteiger partial charge in [-0.2, -0.15) is 0 Å². The number of amides is 2. The number of nitrogens with zero attached hydrogens (tertiary/aromatic N) is 1. The average Bonchev–Trinajstić information content (AvgIpc) is 2.72. The quantitative estimate of drug-likeness (QED) is 0.584. The summed E-state index contributed by atoms with van der Waals surface area (Å²) in [6.07, 6.45) is 1.77. The Morgan fingerprint density at radius 1 is 1.00 bits per heavy atom. The van der Waals surface area contributed by atoms with E-state index in [-0.39, 0.29) is 17.9 Å². The second-order valence-corrected chi connectivity index (χ2v) is 8.06. The maximum atomic E-state index is 13.1. The minimum absolute atomic E-state index is 0.0520. The van der Waals surface area contributed by atoms with Crippen molar-refractivity contribution in [3.63, 3.8) is 0 Å². The van der Waals surface area contributed by atoms with Crippen LogP contribution < -0.4 is 5.32 Å². The Morgan fingerprint density at radius 2 is 1.69 bits per heavy atom. The predicted molar refractivity (Wildman–Crippen MR) is 119 cm³/mol. The van der Waals surface area contributed by atoms with E-state index in [0.29, 0.717) is 29.4 Å². The minimum Gasteiger partial charge on any atom is -0.352 e. The molecule has 2 rings (SSSR count). The predicted octanol–water partition coefficient (Wildman–Crippen LogP) is 5.26. The number of hydrogen-bond acceptors (Lipinski definition) is 2. The highest BCUT2D eigenvalue weighted by Crippen LogP contribution is 2.24. The molecule has 0 bridgehead atoms. The third-order valence-corrected chi connectivity index (χ3v) is 5.71. The fourth-order valence-corrected chi connectivity index (χ4v) is 3.24. The first-order valence-corrected chi connectivity index (χ1v) is 10.6. The zero-order valence-corrected chi connectivity index (χ0v) is 18.6. The lowest BCUT2D eigenvalue weighted by Gasteiger charge is -2.30. The van der Waals surface area contributed by atoms with E-state index in [1.54, 1.807) is 24.0 Å². The lowest BCUT2D eigenvalue weighted by atomic mass is 10.1. The van der Waals surface area contributed by atoms with Gasteiger partial charge in [0.1, 0.15) is 6.04 Å². The highest BCUT2D eigenvalue weighted by molar-refractivity contribution is 6.42. The third-order valence-electron chi connectivity index (χ3n) is 4.98. The molecule has 2 amide bonds. The summed E-state index contributed by atoms with van der Waals surface area (Å²) in [7, 11) is 0. The molecule has 4 nitrogen and oxygen atoms in total. The van der Waals surface area contributed by atoms with Gasteiger partial charge in [-0.15, -0.1) is 0 Å². The molecule has 156 valence electrons. The first-order chi connectivity index (χ1) is 13.8. The molecule has 6 heteroatoms. The number of halogens is 2. The number of aryl methyl sites for hydroxylation is 1. The summed E-state index contributed by atoms with van der Waals surface area (Å²) in [6, 6.07) is 14.6. The van der Waals surface area contributed by atoms with E-state index in [0.717, 1.165) is 17.5 Å². The van der Waals surface area contributed by atoms with Crippen LogP contribution in [0.4, 0.5) is 0 Å². The lowest BCUT2D eigenvalue weighted by Crippen LogP contribution is -2.49. The normalized spacial score (nSPS) is 12.9. The van der Waals surface area contributed by atoms with Gasteiger partial charge in [-0.25, -0.2) is 0 Å². The molecule has 2 aromatic carbocycles. The largest absolute Gasteiger partial charge is 0.352 e. The molecule has 0 fully saturated rings. The molecule has 0 aliphatic carbocycles. The Labute approximate surface area is 183 Å². The molecule has 0 aliphatic heterocycles. The zero-order chi connectivity index (χ0) is 21.4.